The fourth-order valence-electron chi connectivity index (χ4n) is 1.61. The molecule has 1 aromatic carbocycles. The summed E-state index contributed by atoms with van der Waals surface area (Å²) >= 11 is 0. The topological polar surface area (TPSA) is 64.7 Å². The number of ether oxygens (including phenoxy) is 2. The molecule has 0 saturated heterocycles. The Labute approximate surface area is 121 Å². The number of benzene rings is 1. The van der Waals surface area contributed by atoms with E-state index in [1.807, 2.05) is 0 Å². The number of phenols is 1. The van der Waals surface area contributed by atoms with Gasteiger partial charge in [-0.3, -0.25) is 0 Å². The van der Waals surface area contributed by atoms with Gasteiger partial charge in [0, 0.05) is 12.5 Å². The van der Waals surface area contributed by atoms with Crippen LogP contribution in [0.25, 0.3) is 0 Å². The molecule has 0 amide bonds. The molecule has 8 heteroatoms. The molecule has 0 fully saturated rings. The van der Waals surface area contributed by atoms with Crippen LogP contribution in [-0.2, 0) is 0 Å². The quantitative estimate of drug-likeness (QED) is 0.876. The van der Waals surface area contributed by atoms with E-state index in [2.05, 4.69) is 0 Å². The van der Waals surface area contributed by atoms with Gasteiger partial charge in [0.1, 0.15) is 0 Å². The summed E-state index contributed by atoms with van der Waals surface area (Å²) in [6, 6.07) is 1.99. The van der Waals surface area contributed by atoms with E-state index in [9.17, 15) is 18.3 Å². The molecular weight excluding hydrogens is 299 g/mol. The molecule has 1 aromatic rings. The molecule has 0 aliphatic rings. The SMILES string of the molecule is COc1cc([C@H](N)CCC(F)(F)F)cc(OC)c1O.Cl. The summed E-state index contributed by atoms with van der Waals surface area (Å²) < 4.78 is 46.3. The third-order valence-corrected chi connectivity index (χ3v) is 2.67. The first-order chi connectivity index (χ1) is 8.78. The maximum absolute atomic E-state index is 12.1. The van der Waals surface area contributed by atoms with Crippen LogP contribution in [0.4, 0.5) is 13.2 Å². The van der Waals surface area contributed by atoms with E-state index in [1.54, 1.807) is 0 Å². The Hall–Kier alpha value is -1.34. The molecule has 0 bridgehead atoms. The minimum Gasteiger partial charge on any atom is -0.502 e. The van der Waals surface area contributed by atoms with Crippen molar-refractivity contribution in [2.24, 2.45) is 5.73 Å². The van der Waals surface area contributed by atoms with E-state index < -0.39 is 18.6 Å². The minimum atomic E-state index is -4.25. The van der Waals surface area contributed by atoms with Crippen LogP contribution in [0.3, 0.4) is 0 Å². The molecule has 0 aliphatic carbocycles. The Morgan fingerprint density at radius 2 is 1.65 bits per heavy atom. The summed E-state index contributed by atoms with van der Waals surface area (Å²) in [5, 5.41) is 9.68. The summed E-state index contributed by atoms with van der Waals surface area (Å²) in [4.78, 5) is 0. The maximum atomic E-state index is 12.1. The second-order valence-corrected chi connectivity index (χ2v) is 4.03. The fraction of sp³-hybridized carbons (Fsp3) is 0.500. The lowest BCUT2D eigenvalue weighted by atomic mass is 10.0. The molecule has 0 heterocycles. The van der Waals surface area contributed by atoms with Gasteiger partial charge in [0.2, 0.25) is 5.75 Å². The largest absolute Gasteiger partial charge is 0.502 e. The number of alkyl halides is 3. The van der Waals surface area contributed by atoms with Crippen molar-refractivity contribution in [3.8, 4) is 17.2 Å². The zero-order valence-electron chi connectivity index (χ0n) is 11.0. The molecule has 4 nitrogen and oxygen atoms in total. The van der Waals surface area contributed by atoms with Gasteiger partial charge >= 0.3 is 6.18 Å². The lowest BCUT2D eigenvalue weighted by Gasteiger charge is -2.16. The van der Waals surface area contributed by atoms with Crippen LogP contribution < -0.4 is 15.2 Å². The summed E-state index contributed by atoms with van der Waals surface area (Å²) in [5.74, 6) is 0.00499. The molecular formula is C12H17ClF3NO3. The van der Waals surface area contributed by atoms with Crippen molar-refractivity contribution in [2.45, 2.75) is 25.1 Å². The first-order valence-corrected chi connectivity index (χ1v) is 5.55. The number of rotatable bonds is 5. The van der Waals surface area contributed by atoms with E-state index in [0.717, 1.165) is 0 Å². The number of nitrogens with two attached hydrogens (primary N) is 1. The first kappa shape index (κ1) is 18.7. The highest BCUT2D eigenvalue weighted by molar-refractivity contribution is 5.85. The van der Waals surface area contributed by atoms with E-state index in [0.29, 0.717) is 5.56 Å². The van der Waals surface area contributed by atoms with Crippen molar-refractivity contribution in [2.75, 3.05) is 14.2 Å². The minimum absolute atomic E-state index is 0. The molecule has 3 N–H and O–H groups in total. The second-order valence-electron chi connectivity index (χ2n) is 4.03. The van der Waals surface area contributed by atoms with Crippen LogP contribution in [0.15, 0.2) is 12.1 Å². The standard InChI is InChI=1S/C12H16F3NO3.ClH/c1-18-9-5-7(6-10(19-2)11(9)17)8(16)3-4-12(13,14)15;/h5-6,8,17H,3-4,16H2,1-2H3;1H/t8-;/m1./s1. The van der Waals surface area contributed by atoms with Gasteiger partial charge in [-0.25, -0.2) is 0 Å². The molecule has 0 radical (unpaired) electrons. The fourth-order valence-corrected chi connectivity index (χ4v) is 1.61. The number of hydrogen-bond acceptors (Lipinski definition) is 4. The van der Waals surface area contributed by atoms with Gasteiger partial charge in [-0.15, -0.1) is 12.4 Å². The molecule has 0 saturated carbocycles. The monoisotopic (exact) mass is 315 g/mol. The summed E-state index contributed by atoms with van der Waals surface area (Å²) in [7, 11) is 2.67. The van der Waals surface area contributed by atoms with Crippen molar-refractivity contribution in [3.05, 3.63) is 17.7 Å². The van der Waals surface area contributed by atoms with Gasteiger partial charge in [0.25, 0.3) is 0 Å². The number of methoxy groups -OCH3 is 2. The Balaban J connectivity index is 0.00000361. The van der Waals surface area contributed by atoms with E-state index in [1.165, 1.54) is 26.4 Å². The van der Waals surface area contributed by atoms with Crippen LogP contribution in [0.5, 0.6) is 17.2 Å². The van der Waals surface area contributed by atoms with Crippen molar-refractivity contribution < 1.29 is 27.8 Å². The molecule has 0 aromatic heterocycles. The van der Waals surface area contributed by atoms with Crippen molar-refractivity contribution in [1.29, 1.82) is 0 Å². The lowest BCUT2D eigenvalue weighted by molar-refractivity contribution is -0.136. The van der Waals surface area contributed by atoms with Crippen LogP contribution >= 0.6 is 12.4 Å². The Morgan fingerprint density at radius 1 is 1.20 bits per heavy atom. The van der Waals surface area contributed by atoms with Crippen LogP contribution in [0, 0.1) is 0 Å². The molecule has 0 unspecified atom stereocenters. The summed E-state index contributed by atoms with van der Waals surface area (Å²) in [5.41, 5.74) is 6.12. The predicted molar refractivity (Wildman–Crippen MR) is 70.7 cm³/mol. The second kappa shape index (κ2) is 7.44. The lowest BCUT2D eigenvalue weighted by Crippen LogP contribution is -2.16. The van der Waals surface area contributed by atoms with Crippen LogP contribution in [-0.4, -0.2) is 25.5 Å². The number of halogens is 4. The highest BCUT2D eigenvalue weighted by Gasteiger charge is 2.28. The van der Waals surface area contributed by atoms with Crippen LogP contribution in [0.2, 0.25) is 0 Å². The van der Waals surface area contributed by atoms with Gasteiger partial charge in [-0.1, -0.05) is 0 Å². The maximum Gasteiger partial charge on any atom is 0.389 e. The Morgan fingerprint density at radius 3 is 2.00 bits per heavy atom. The number of phenolic OH excluding ortho intramolecular Hbond substituents is 1. The van der Waals surface area contributed by atoms with Gasteiger partial charge in [0.05, 0.1) is 14.2 Å². The van der Waals surface area contributed by atoms with E-state index in [-0.39, 0.29) is 36.1 Å². The van der Waals surface area contributed by atoms with Crippen molar-refractivity contribution in [3.63, 3.8) is 0 Å². The van der Waals surface area contributed by atoms with E-state index in [4.69, 9.17) is 15.2 Å². The van der Waals surface area contributed by atoms with Crippen molar-refractivity contribution >= 4 is 12.4 Å². The third kappa shape index (κ3) is 4.97. The molecule has 1 atom stereocenters. The Kier molecular flexibility index (Phi) is 6.95. The average Bonchev–Trinajstić information content (AvgIpc) is 2.35. The zero-order chi connectivity index (χ0) is 14.6. The molecule has 20 heavy (non-hydrogen) atoms. The molecule has 0 aliphatic heterocycles. The molecule has 0 spiro atoms. The zero-order valence-corrected chi connectivity index (χ0v) is 11.8. The predicted octanol–water partition coefficient (Wildman–Crippen LogP) is 3.17. The molecule has 116 valence electrons. The van der Waals surface area contributed by atoms with E-state index >= 15 is 0 Å². The molecule has 1 rings (SSSR count). The van der Waals surface area contributed by atoms with Crippen LogP contribution in [0.1, 0.15) is 24.4 Å². The van der Waals surface area contributed by atoms with Gasteiger partial charge in [0.15, 0.2) is 11.5 Å². The van der Waals surface area contributed by atoms with Crippen molar-refractivity contribution in [1.82, 2.24) is 0 Å². The van der Waals surface area contributed by atoms with Gasteiger partial charge < -0.3 is 20.3 Å². The number of aromatic hydroxyl groups is 1. The van der Waals surface area contributed by atoms with Gasteiger partial charge in [-0.05, 0) is 24.1 Å². The summed E-state index contributed by atoms with van der Waals surface area (Å²) in [6.45, 7) is 0. The average molecular weight is 316 g/mol. The van der Waals surface area contributed by atoms with Gasteiger partial charge in [-0.2, -0.15) is 13.2 Å². The third-order valence-electron chi connectivity index (χ3n) is 2.67. The summed E-state index contributed by atoms with van der Waals surface area (Å²) in [6.07, 6.45) is -5.47. The highest BCUT2D eigenvalue weighted by atomic mass is 35.5. The normalized spacial score (nSPS) is 12.5. The number of hydrogen-bond donors (Lipinski definition) is 2. The first-order valence-electron chi connectivity index (χ1n) is 5.55. The smallest absolute Gasteiger partial charge is 0.389 e. The highest BCUT2D eigenvalue weighted by Crippen LogP contribution is 2.39. The Bertz CT molecular complexity index is 415.